The first-order chi connectivity index (χ1) is 12.0. The lowest BCUT2D eigenvalue weighted by molar-refractivity contribution is 0.132. The number of aryl methyl sites for hydroxylation is 1. The molecule has 1 aliphatic heterocycles. The summed E-state index contributed by atoms with van der Waals surface area (Å²) < 4.78 is 1.78. The van der Waals surface area contributed by atoms with Gasteiger partial charge in [-0.25, -0.2) is 4.79 Å². The average molecular weight is 343 g/mol. The van der Waals surface area contributed by atoms with E-state index in [-0.39, 0.29) is 12.1 Å². The van der Waals surface area contributed by atoms with E-state index in [1.165, 1.54) is 5.56 Å². The van der Waals surface area contributed by atoms with E-state index in [4.69, 9.17) is 0 Å². The Bertz CT molecular complexity index is 702. The molecule has 3 rings (SSSR count). The molecule has 1 aromatic carbocycles. The Morgan fingerprint density at radius 1 is 1.16 bits per heavy atom. The number of hydrogen-bond donors (Lipinski definition) is 1. The second kappa shape index (κ2) is 7.60. The molecule has 1 saturated heterocycles. The smallest absolute Gasteiger partial charge is 0.317 e. The molecule has 25 heavy (non-hydrogen) atoms. The van der Waals surface area contributed by atoms with E-state index in [2.05, 4.69) is 32.7 Å². The van der Waals surface area contributed by atoms with Crippen molar-refractivity contribution in [3.05, 3.63) is 35.7 Å². The van der Waals surface area contributed by atoms with Crippen molar-refractivity contribution in [2.45, 2.75) is 33.4 Å². The Kier molecular flexibility index (Phi) is 5.28. The largest absolute Gasteiger partial charge is 0.336 e. The number of benzene rings is 1. The molecule has 1 fully saturated rings. The Morgan fingerprint density at radius 2 is 1.84 bits per heavy atom. The Balaban J connectivity index is 1.59. The maximum atomic E-state index is 12.1. The monoisotopic (exact) mass is 343 g/mol. The molecule has 1 N–H and O–H groups in total. The number of piperazine rings is 1. The van der Waals surface area contributed by atoms with Crippen molar-refractivity contribution in [1.29, 1.82) is 0 Å². The highest BCUT2D eigenvalue weighted by molar-refractivity contribution is 5.74. The van der Waals surface area contributed by atoms with Crippen molar-refractivity contribution in [3.63, 3.8) is 0 Å². The summed E-state index contributed by atoms with van der Waals surface area (Å²) in [6, 6.07) is 8.30. The van der Waals surface area contributed by atoms with Gasteiger partial charge in [0, 0.05) is 32.2 Å². The number of rotatable bonds is 4. The molecule has 1 aromatic heterocycles. The van der Waals surface area contributed by atoms with Crippen LogP contribution in [-0.2, 0) is 6.54 Å². The molecule has 8 nitrogen and oxygen atoms in total. The van der Waals surface area contributed by atoms with Crippen LogP contribution in [0.5, 0.6) is 0 Å². The number of tetrazole rings is 1. The van der Waals surface area contributed by atoms with Crippen LogP contribution in [-0.4, -0.2) is 68.3 Å². The summed E-state index contributed by atoms with van der Waals surface area (Å²) in [6.07, 6.45) is 0. The minimum atomic E-state index is 0.0131. The number of amides is 2. The highest BCUT2D eigenvalue weighted by atomic mass is 16.2. The highest BCUT2D eigenvalue weighted by Gasteiger charge is 2.23. The number of carbonyl (C=O) groups is 1. The summed E-state index contributed by atoms with van der Waals surface area (Å²) >= 11 is 0. The van der Waals surface area contributed by atoms with Gasteiger partial charge in [-0.3, -0.25) is 4.90 Å². The van der Waals surface area contributed by atoms with Gasteiger partial charge in [0.25, 0.3) is 0 Å². The van der Waals surface area contributed by atoms with E-state index >= 15 is 0 Å². The SMILES string of the molecule is Cc1ccc(-n2nnnc2CN2CCN(C(=O)NC(C)C)CC2)cc1. The Hall–Kier alpha value is -2.48. The standard InChI is InChI=1S/C17H25N7O/c1-13(2)18-17(25)23-10-8-22(9-11-23)12-16-19-20-21-24(16)15-6-4-14(3)5-7-15/h4-7,13H,8-12H2,1-3H3,(H,18,25). The Morgan fingerprint density at radius 3 is 2.48 bits per heavy atom. The van der Waals surface area contributed by atoms with Crippen LogP contribution in [0.2, 0.25) is 0 Å². The third-order valence-electron chi connectivity index (χ3n) is 4.25. The van der Waals surface area contributed by atoms with E-state index in [9.17, 15) is 4.79 Å². The zero-order valence-electron chi connectivity index (χ0n) is 15.0. The van der Waals surface area contributed by atoms with Gasteiger partial charge in [-0.1, -0.05) is 17.7 Å². The molecule has 1 aliphatic rings. The number of aromatic nitrogens is 4. The molecule has 0 radical (unpaired) electrons. The number of hydrogen-bond acceptors (Lipinski definition) is 5. The van der Waals surface area contributed by atoms with Crippen LogP contribution in [0.15, 0.2) is 24.3 Å². The number of nitrogens with one attached hydrogen (secondary N) is 1. The number of nitrogens with zero attached hydrogens (tertiary/aromatic N) is 6. The van der Waals surface area contributed by atoms with E-state index in [0.29, 0.717) is 19.6 Å². The predicted octanol–water partition coefficient (Wildman–Crippen LogP) is 1.21. The van der Waals surface area contributed by atoms with Gasteiger partial charge in [-0.15, -0.1) is 5.10 Å². The van der Waals surface area contributed by atoms with E-state index in [1.54, 1.807) is 4.68 Å². The summed E-state index contributed by atoms with van der Waals surface area (Å²) in [5, 5.41) is 15.0. The average Bonchev–Trinajstić information content (AvgIpc) is 3.03. The van der Waals surface area contributed by atoms with Crippen LogP contribution >= 0.6 is 0 Å². The van der Waals surface area contributed by atoms with Crippen LogP contribution in [0.25, 0.3) is 5.69 Å². The first-order valence-corrected chi connectivity index (χ1v) is 8.65. The fraction of sp³-hybridized carbons (Fsp3) is 0.529. The molecular formula is C17H25N7O. The van der Waals surface area contributed by atoms with Crippen LogP contribution in [0.4, 0.5) is 4.79 Å². The third-order valence-corrected chi connectivity index (χ3v) is 4.25. The summed E-state index contributed by atoms with van der Waals surface area (Å²) in [5.74, 6) is 0.809. The summed E-state index contributed by atoms with van der Waals surface area (Å²) in [7, 11) is 0. The first-order valence-electron chi connectivity index (χ1n) is 8.65. The zero-order valence-corrected chi connectivity index (χ0v) is 15.0. The van der Waals surface area contributed by atoms with Crippen LogP contribution in [0.1, 0.15) is 25.2 Å². The normalized spacial score (nSPS) is 15.6. The molecule has 0 spiro atoms. The molecule has 0 saturated carbocycles. The molecular weight excluding hydrogens is 318 g/mol. The second-order valence-electron chi connectivity index (χ2n) is 6.71. The molecule has 8 heteroatoms. The first kappa shape index (κ1) is 17.3. The molecule has 134 valence electrons. The van der Waals surface area contributed by atoms with E-state index < -0.39 is 0 Å². The topological polar surface area (TPSA) is 79.2 Å². The Labute approximate surface area is 147 Å². The summed E-state index contributed by atoms with van der Waals surface area (Å²) in [5.41, 5.74) is 2.16. The molecule has 0 aliphatic carbocycles. The van der Waals surface area contributed by atoms with Crippen molar-refractivity contribution in [2.75, 3.05) is 26.2 Å². The van der Waals surface area contributed by atoms with Gasteiger partial charge >= 0.3 is 6.03 Å². The van der Waals surface area contributed by atoms with Crippen LogP contribution in [0.3, 0.4) is 0 Å². The minimum absolute atomic E-state index is 0.0131. The van der Waals surface area contributed by atoms with Gasteiger partial charge in [0.2, 0.25) is 0 Å². The van der Waals surface area contributed by atoms with Crippen molar-refractivity contribution >= 4 is 6.03 Å². The molecule has 2 amide bonds. The molecule has 0 bridgehead atoms. The van der Waals surface area contributed by atoms with Gasteiger partial charge in [0.05, 0.1) is 12.2 Å². The fourth-order valence-electron chi connectivity index (χ4n) is 2.84. The van der Waals surface area contributed by atoms with Gasteiger partial charge < -0.3 is 10.2 Å². The van der Waals surface area contributed by atoms with Gasteiger partial charge in [-0.05, 0) is 43.3 Å². The lowest BCUT2D eigenvalue weighted by atomic mass is 10.2. The minimum Gasteiger partial charge on any atom is -0.336 e. The lowest BCUT2D eigenvalue weighted by Crippen LogP contribution is -2.52. The zero-order chi connectivity index (χ0) is 17.8. The van der Waals surface area contributed by atoms with Gasteiger partial charge in [-0.2, -0.15) is 4.68 Å². The third kappa shape index (κ3) is 4.33. The summed E-state index contributed by atoms with van der Waals surface area (Å²) in [6.45, 7) is 9.71. The second-order valence-corrected chi connectivity index (χ2v) is 6.71. The van der Waals surface area contributed by atoms with Crippen molar-refractivity contribution < 1.29 is 4.79 Å². The molecule has 2 aromatic rings. The highest BCUT2D eigenvalue weighted by Crippen LogP contribution is 2.12. The molecule has 0 atom stereocenters. The fourth-order valence-corrected chi connectivity index (χ4v) is 2.84. The lowest BCUT2D eigenvalue weighted by Gasteiger charge is -2.34. The van der Waals surface area contributed by atoms with E-state index in [0.717, 1.165) is 24.6 Å². The molecule has 0 unspecified atom stereocenters. The van der Waals surface area contributed by atoms with Gasteiger partial charge in [0.15, 0.2) is 5.82 Å². The summed E-state index contributed by atoms with van der Waals surface area (Å²) in [4.78, 5) is 16.2. The quantitative estimate of drug-likeness (QED) is 0.903. The van der Waals surface area contributed by atoms with Crippen LogP contribution in [0, 0.1) is 6.92 Å². The van der Waals surface area contributed by atoms with Crippen LogP contribution < -0.4 is 5.32 Å². The van der Waals surface area contributed by atoms with Crippen molar-refractivity contribution in [3.8, 4) is 5.69 Å². The maximum absolute atomic E-state index is 12.1. The number of carbonyl (C=O) groups excluding carboxylic acids is 1. The number of urea groups is 1. The van der Waals surface area contributed by atoms with Gasteiger partial charge in [0.1, 0.15) is 0 Å². The predicted molar refractivity (Wildman–Crippen MR) is 94.4 cm³/mol. The maximum Gasteiger partial charge on any atom is 0.317 e. The molecule has 2 heterocycles. The van der Waals surface area contributed by atoms with Crippen molar-refractivity contribution in [1.82, 2.24) is 35.3 Å². The van der Waals surface area contributed by atoms with E-state index in [1.807, 2.05) is 43.0 Å². The van der Waals surface area contributed by atoms with Crippen molar-refractivity contribution in [2.24, 2.45) is 0 Å².